The van der Waals surface area contributed by atoms with E-state index in [0.29, 0.717) is 25.0 Å². The molecule has 0 radical (unpaired) electrons. The first-order valence-electron chi connectivity index (χ1n) is 10.4. The predicted octanol–water partition coefficient (Wildman–Crippen LogP) is 4.14. The van der Waals surface area contributed by atoms with Crippen molar-refractivity contribution >= 4 is 10.0 Å². The molecule has 2 saturated carbocycles. The molecular formula is C21H31F3N2O3S. The van der Waals surface area contributed by atoms with Gasteiger partial charge in [-0.25, -0.2) is 8.42 Å². The molecule has 9 heteroatoms. The Hall–Kier alpha value is -1.16. The second kappa shape index (κ2) is 8.76. The molecule has 0 aromatic heterocycles. The van der Waals surface area contributed by atoms with Gasteiger partial charge >= 0.3 is 6.18 Å². The summed E-state index contributed by atoms with van der Waals surface area (Å²) in [5.41, 5.74) is -0.559. The van der Waals surface area contributed by atoms with Crippen molar-refractivity contribution in [1.82, 2.24) is 9.21 Å². The summed E-state index contributed by atoms with van der Waals surface area (Å²) in [6.45, 7) is 0.715. The van der Waals surface area contributed by atoms with Crippen LogP contribution in [0, 0.1) is 0 Å². The number of hydrogen-bond donors (Lipinski definition) is 0. The molecule has 5 nitrogen and oxygen atoms in total. The summed E-state index contributed by atoms with van der Waals surface area (Å²) in [6, 6.07) is 3.51. The number of alkyl halides is 3. The monoisotopic (exact) mass is 448 g/mol. The number of rotatable bonds is 8. The van der Waals surface area contributed by atoms with E-state index in [-0.39, 0.29) is 17.0 Å². The van der Waals surface area contributed by atoms with Crippen LogP contribution in [0.15, 0.2) is 29.2 Å². The summed E-state index contributed by atoms with van der Waals surface area (Å²) in [7, 11) is 1.88. The molecule has 0 unspecified atom stereocenters. The number of sulfonamides is 1. The molecule has 0 atom stereocenters. The summed E-state index contributed by atoms with van der Waals surface area (Å²) >= 11 is 0. The Morgan fingerprint density at radius 3 is 2.07 bits per heavy atom. The summed E-state index contributed by atoms with van der Waals surface area (Å²) in [6.07, 6.45) is 2.02. The van der Waals surface area contributed by atoms with Gasteiger partial charge in [-0.2, -0.15) is 17.5 Å². The van der Waals surface area contributed by atoms with Gasteiger partial charge in [-0.15, -0.1) is 0 Å². The van der Waals surface area contributed by atoms with E-state index >= 15 is 0 Å². The Morgan fingerprint density at radius 1 is 1.03 bits per heavy atom. The summed E-state index contributed by atoms with van der Waals surface area (Å²) in [4.78, 5) is 2.16. The fraction of sp³-hybridized carbons (Fsp3) is 0.714. The number of ether oxygens (including phenoxy) is 1. The smallest absolute Gasteiger partial charge is 0.378 e. The summed E-state index contributed by atoms with van der Waals surface area (Å²) < 4.78 is 71.2. The highest BCUT2D eigenvalue weighted by atomic mass is 32.2. The van der Waals surface area contributed by atoms with Crippen molar-refractivity contribution in [3.8, 4) is 0 Å². The first kappa shape index (κ1) is 23.5. The van der Waals surface area contributed by atoms with E-state index in [2.05, 4.69) is 19.0 Å². The highest BCUT2D eigenvalue weighted by molar-refractivity contribution is 7.89. The largest absolute Gasteiger partial charge is 0.416 e. The maximum atomic E-state index is 12.8. The van der Waals surface area contributed by atoms with Crippen molar-refractivity contribution in [2.75, 3.05) is 27.7 Å². The zero-order chi connectivity index (χ0) is 22.2. The van der Waals surface area contributed by atoms with Crippen LogP contribution in [0.3, 0.4) is 0 Å². The molecule has 30 heavy (non-hydrogen) atoms. The molecular weight excluding hydrogens is 417 g/mol. The average Bonchev–Trinajstić information content (AvgIpc) is 3.49. The molecule has 2 aliphatic carbocycles. The summed E-state index contributed by atoms with van der Waals surface area (Å²) in [5, 5.41) is 0. The molecule has 0 heterocycles. The van der Waals surface area contributed by atoms with Crippen LogP contribution in [0.5, 0.6) is 0 Å². The lowest BCUT2D eigenvalue weighted by molar-refractivity contribution is -0.137. The highest BCUT2D eigenvalue weighted by Crippen LogP contribution is 2.43. The van der Waals surface area contributed by atoms with E-state index in [0.717, 1.165) is 43.5 Å². The van der Waals surface area contributed by atoms with E-state index < -0.39 is 21.8 Å². The van der Waals surface area contributed by atoms with Gasteiger partial charge in [0.05, 0.1) is 16.6 Å². The topological polar surface area (TPSA) is 49.9 Å². The van der Waals surface area contributed by atoms with Crippen molar-refractivity contribution in [2.24, 2.45) is 0 Å². The van der Waals surface area contributed by atoms with Crippen LogP contribution in [-0.2, 0) is 20.9 Å². The Morgan fingerprint density at radius 2 is 1.60 bits per heavy atom. The molecule has 3 rings (SSSR count). The molecule has 0 amide bonds. The zero-order valence-electron chi connectivity index (χ0n) is 17.8. The van der Waals surface area contributed by atoms with Gasteiger partial charge in [0.25, 0.3) is 0 Å². The number of nitrogens with zero attached hydrogens (tertiary/aromatic N) is 2. The molecule has 0 aliphatic heterocycles. The predicted molar refractivity (Wildman–Crippen MR) is 109 cm³/mol. The first-order chi connectivity index (χ1) is 14.0. The van der Waals surface area contributed by atoms with E-state index in [1.54, 1.807) is 0 Å². The number of halogens is 3. The van der Waals surface area contributed by atoms with E-state index in [9.17, 15) is 21.6 Å². The lowest BCUT2D eigenvalue weighted by Gasteiger charge is -2.34. The van der Waals surface area contributed by atoms with Gasteiger partial charge < -0.3 is 9.64 Å². The van der Waals surface area contributed by atoms with Crippen molar-refractivity contribution in [2.45, 2.75) is 73.7 Å². The highest BCUT2D eigenvalue weighted by Gasteiger charge is 2.44. The van der Waals surface area contributed by atoms with Crippen LogP contribution < -0.4 is 0 Å². The fourth-order valence-electron chi connectivity index (χ4n) is 4.23. The quantitative estimate of drug-likeness (QED) is 0.600. The van der Waals surface area contributed by atoms with Crippen molar-refractivity contribution in [3.05, 3.63) is 29.8 Å². The molecule has 0 saturated heterocycles. The Kier molecular flexibility index (Phi) is 6.86. The molecule has 0 bridgehead atoms. The SMILES string of the molecule is CN(C)C1(CCO[C@H]2CC[C@H](N(C)S(=O)(=O)c3ccc(C(F)(F)F)cc3)CC2)CC1. The van der Waals surface area contributed by atoms with Crippen LogP contribution in [0.4, 0.5) is 13.2 Å². The Balaban J connectivity index is 1.51. The molecule has 2 fully saturated rings. The van der Waals surface area contributed by atoms with Gasteiger partial charge in [-0.3, -0.25) is 0 Å². The van der Waals surface area contributed by atoms with Crippen LogP contribution in [0.2, 0.25) is 0 Å². The zero-order valence-corrected chi connectivity index (χ0v) is 18.6. The summed E-state index contributed by atoms with van der Waals surface area (Å²) in [5.74, 6) is 0. The van der Waals surface area contributed by atoms with Crippen LogP contribution in [0.1, 0.15) is 50.5 Å². The molecule has 170 valence electrons. The second-order valence-electron chi connectivity index (χ2n) is 8.71. The lowest BCUT2D eigenvalue weighted by atomic mass is 9.93. The minimum atomic E-state index is -4.49. The van der Waals surface area contributed by atoms with Gasteiger partial charge in [-0.05, 0) is 83.3 Å². The first-order valence-corrected chi connectivity index (χ1v) is 11.8. The van der Waals surface area contributed by atoms with E-state index in [4.69, 9.17) is 4.74 Å². The van der Waals surface area contributed by atoms with Crippen LogP contribution in [-0.4, -0.2) is 63.1 Å². The van der Waals surface area contributed by atoms with Gasteiger partial charge in [0, 0.05) is 25.2 Å². The normalized spacial score (nSPS) is 24.4. The average molecular weight is 449 g/mol. The molecule has 0 N–H and O–H groups in total. The molecule has 1 aromatic rings. The van der Waals surface area contributed by atoms with Gasteiger partial charge in [-0.1, -0.05) is 0 Å². The van der Waals surface area contributed by atoms with Crippen molar-refractivity contribution < 1.29 is 26.3 Å². The van der Waals surface area contributed by atoms with Crippen LogP contribution >= 0.6 is 0 Å². The van der Waals surface area contributed by atoms with Crippen LogP contribution in [0.25, 0.3) is 0 Å². The fourth-order valence-corrected chi connectivity index (χ4v) is 5.65. The maximum absolute atomic E-state index is 12.8. The lowest BCUT2D eigenvalue weighted by Crippen LogP contribution is -2.41. The Labute approximate surface area is 177 Å². The minimum absolute atomic E-state index is 0.116. The molecule has 2 aliphatic rings. The van der Waals surface area contributed by atoms with Crippen molar-refractivity contribution in [1.29, 1.82) is 0 Å². The molecule has 0 spiro atoms. The minimum Gasteiger partial charge on any atom is -0.378 e. The standard InChI is InChI=1S/C21H31F3N2O3S/c1-25(2)20(12-13-20)14-15-29-18-8-6-17(7-9-18)26(3)30(27,28)19-10-4-16(5-11-19)21(22,23)24/h4-5,10-11,17-18H,6-9,12-15H2,1-3H3/t17-,18-. The van der Waals surface area contributed by atoms with Crippen molar-refractivity contribution in [3.63, 3.8) is 0 Å². The van der Waals surface area contributed by atoms with Gasteiger partial charge in [0.2, 0.25) is 10.0 Å². The number of hydrogen-bond acceptors (Lipinski definition) is 4. The third-order valence-corrected chi connectivity index (χ3v) is 8.64. The molecule has 1 aromatic carbocycles. The van der Waals surface area contributed by atoms with E-state index in [1.807, 2.05) is 0 Å². The van der Waals surface area contributed by atoms with Gasteiger partial charge in [0.1, 0.15) is 0 Å². The third kappa shape index (κ3) is 5.18. The third-order valence-electron chi connectivity index (χ3n) is 6.71. The Bertz CT molecular complexity index is 813. The second-order valence-corrected chi connectivity index (χ2v) is 10.7. The van der Waals surface area contributed by atoms with Gasteiger partial charge in [0.15, 0.2) is 0 Å². The number of benzene rings is 1. The van der Waals surface area contributed by atoms with E-state index in [1.165, 1.54) is 24.2 Å². The maximum Gasteiger partial charge on any atom is 0.416 e.